The Balaban J connectivity index is 2.42. The van der Waals surface area contributed by atoms with Crippen LogP contribution in [0.5, 0.6) is 0 Å². The monoisotopic (exact) mass is 227 g/mol. The van der Waals surface area contributed by atoms with Gasteiger partial charge in [-0.15, -0.1) is 0 Å². The molecule has 0 saturated heterocycles. The molecular weight excluding hydrogens is 206 g/mol. The minimum atomic E-state index is -0.437. The molecule has 0 aromatic carbocycles. The van der Waals surface area contributed by atoms with E-state index in [9.17, 15) is 5.11 Å². The summed E-state index contributed by atoms with van der Waals surface area (Å²) in [5.41, 5.74) is 1.16. The number of hydrogen-bond donors (Lipinski definition) is 1. The minimum absolute atomic E-state index is 0.372. The molecule has 0 aliphatic rings. The van der Waals surface area contributed by atoms with E-state index in [1.165, 1.54) is 0 Å². The number of ether oxygens (including phenoxy) is 1. The van der Waals surface area contributed by atoms with Crippen molar-refractivity contribution in [3.05, 3.63) is 18.0 Å². The van der Waals surface area contributed by atoms with Crippen LogP contribution in [0.4, 0.5) is 0 Å². The van der Waals surface area contributed by atoms with Crippen LogP contribution in [-0.2, 0) is 17.8 Å². The molecular formula is C11H21N3O2. The van der Waals surface area contributed by atoms with Gasteiger partial charge >= 0.3 is 0 Å². The summed E-state index contributed by atoms with van der Waals surface area (Å²) >= 11 is 0. The molecule has 1 heterocycles. The fraction of sp³-hybridized carbons (Fsp3) is 0.727. The average molecular weight is 227 g/mol. The van der Waals surface area contributed by atoms with E-state index in [0.717, 1.165) is 18.8 Å². The molecule has 0 aliphatic heterocycles. The SMILES string of the molecule is CCn1nccc1CN(C)CC(O)COC. The molecule has 0 radical (unpaired) electrons. The van der Waals surface area contributed by atoms with Gasteiger partial charge in [-0.25, -0.2) is 0 Å². The maximum atomic E-state index is 9.59. The van der Waals surface area contributed by atoms with Crippen LogP contribution in [0.2, 0.25) is 0 Å². The van der Waals surface area contributed by atoms with Gasteiger partial charge in [-0.3, -0.25) is 9.58 Å². The summed E-state index contributed by atoms with van der Waals surface area (Å²) < 4.78 is 6.85. The molecule has 0 spiro atoms. The van der Waals surface area contributed by atoms with E-state index in [0.29, 0.717) is 13.2 Å². The third kappa shape index (κ3) is 3.92. The summed E-state index contributed by atoms with van der Waals surface area (Å²) in [5.74, 6) is 0. The molecule has 1 aromatic heterocycles. The van der Waals surface area contributed by atoms with Crippen LogP contribution in [0.15, 0.2) is 12.3 Å². The van der Waals surface area contributed by atoms with Crippen LogP contribution in [0.3, 0.4) is 0 Å². The van der Waals surface area contributed by atoms with Gasteiger partial charge in [0, 0.05) is 32.9 Å². The van der Waals surface area contributed by atoms with Crippen molar-refractivity contribution >= 4 is 0 Å². The summed E-state index contributed by atoms with van der Waals surface area (Å²) in [6, 6.07) is 2.00. The first-order valence-corrected chi connectivity index (χ1v) is 5.53. The van der Waals surface area contributed by atoms with Gasteiger partial charge in [-0.1, -0.05) is 0 Å². The molecule has 0 fully saturated rings. The molecule has 1 atom stereocenters. The van der Waals surface area contributed by atoms with Crippen molar-refractivity contribution < 1.29 is 9.84 Å². The first-order chi connectivity index (χ1) is 7.67. The van der Waals surface area contributed by atoms with Gasteiger partial charge in [-0.05, 0) is 20.0 Å². The Morgan fingerprint density at radius 1 is 1.62 bits per heavy atom. The Bertz CT molecular complexity index is 301. The molecule has 0 bridgehead atoms. The van der Waals surface area contributed by atoms with Crippen LogP contribution in [0.25, 0.3) is 0 Å². The average Bonchev–Trinajstić information content (AvgIpc) is 2.65. The van der Waals surface area contributed by atoms with Gasteiger partial charge < -0.3 is 9.84 Å². The Labute approximate surface area is 96.6 Å². The molecule has 0 amide bonds. The van der Waals surface area contributed by atoms with Crippen LogP contribution in [0, 0.1) is 0 Å². The second kappa shape index (κ2) is 6.62. The van der Waals surface area contributed by atoms with Gasteiger partial charge in [0.05, 0.1) is 18.4 Å². The first kappa shape index (κ1) is 13.2. The van der Waals surface area contributed by atoms with E-state index in [4.69, 9.17) is 4.74 Å². The lowest BCUT2D eigenvalue weighted by Crippen LogP contribution is -2.32. The van der Waals surface area contributed by atoms with E-state index in [2.05, 4.69) is 16.9 Å². The number of methoxy groups -OCH3 is 1. The minimum Gasteiger partial charge on any atom is -0.389 e. The topological polar surface area (TPSA) is 50.5 Å². The van der Waals surface area contributed by atoms with E-state index in [-0.39, 0.29) is 0 Å². The molecule has 5 nitrogen and oxygen atoms in total. The predicted molar refractivity (Wildman–Crippen MR) is 62.1 cm³/mol. The number of likely N-dealkylation sites (N-methyl/N-ethyl adjacent to an activating group) is 1. The highest BCUT2D eigenvalue weighted by Crippen LogP contribution is 2.03. The van der Waals surface area contributed by atoms with Crippen molar-refractivity contribution in [3.8, 4) is 0 Å². The Morgan fingerprint density at radius 3 is 3.00 bits per heavy atom. The van der Waals surface area contributed by atoms with Crippen molar-refractivity contribution in [2.45, 2.75) is 26.1 Å². The van der Waals surface area contributed by atoms with Gasteiger partial charge in [-0.2, -0.15) is 5.10 Å². The number of hydrogen-bond acceptors (Lipinski definition) is 4. The number of aliphatic hydroxyl groups is 1. The lowest BCUT2D eigenvalue weighted by molar-refractivity contribution is 0.0414. The smallest absolute Gasteiger partial charge is 0.0900 e. The molecule has 1 unspecified atom stereocenters. The second-order valence-corrected chi connectivity index (χ2v) is 3.94. The van der Waals surface area contributed by atoms with E-state index < -0.39 is 6.10 Å². The molecule has 92 valence electrons. The first-order valence-electron chi connectivity index (χ1n) is 5.53. The highest BCUT2D eigenvalue weighted by Gasteiger charge is 2.10. The van der Waals surface area contributed by atoms with E-state index in [1.54, 1.807) is 13.3 Å². The van der Waals surface area contributed by atoms with Crippen LogP contribution >= 0.6 is 0 Å². The molecule has 16 heavy (non-hydrogen) atoms. The van der Waals surface area contributed by atoms with Gasteiger partial charge in [0.25, 0.3) is 0 Å². The summed E-state index contributed by atoms with van der Waals surface area (Å²) in [6.07, 6.45) is 1.37. The van der Waals surface area contributed by atoms with Crippen molar-refractivity contribution in [1.82, 2.24) is 14.7 Å². The quantitative estimate of drug-likeness (QED) is 0.730. The highest BCUT2D eigenvalue weighted by molar-refractivity contribution is 5.00. The molecule has 1 N–H and O–H groups in total. The largest absolute Gasteiger partial charge is 0.389 e. The summed E-state index contributed by atoms with van der Waals surface area (Å²) in [7, 11) is 3.57. The lowest BCUT2D eigenvalue weighted by Gasteiger charge is -2.20. The number of aromatic nitrogens is 2. The fourth-order valence-corrected chi connectivity index (χ4v) is 1.73. The molecule has 1 rings (SSSR count). The maximum absolute atomic E-state index is 9.59. The van der Waals surface area contributed by atoms with Crippen LogP contribution < -0.4 is 0 Å². The van der Waals surface area contributed by atoms with Gasteiger partial charge in [0.2, 0.25) is 0 Å². The van der Waals surface area contributed by atoms with Crippen LogP contribution in [0.1, 0.15) is 12.6 Å². The van der Waals surface area contributed by atoms with Crippen molar-refractivity contribution in [1.29, 1.82) is 0 Å². The summed E-state index contributed by atoms with van der Waals surface area (Å²) in [4.78, 5) is 2.06. The second-order valence-electron chi connectivity index (χ2n) is 3.94. The third-order valence-electron chi connectivity index (χ3n) is 2.42. The fourth-order valence-electron chi connectivity index (χ4n) is 1.73. The number of nitrogens with zero attached hydrogens (tertiary/aromatic N) is 3. The van der Waals surface area contributed by atoms with Crippen molar-refractivity contribution in [3.63, 3.8) is 0 Å². The maximum Gasteiger partial charge on any atom is 0.0900 e. The predicted octanol–water partition coefficient (Wildman–Crippen LogP) is 0.342. The Morgan fingerprint density at radius 2 is 2.38 bits per heavy atom. The number of aliphatic hydroxyl groups excluding tert-OH is 1. The zero-order valence-electron chi connectivity index (χ0n) is 10.3. The lowest BCUT2D eigenvalue weighted by atomic mass is 10.3. The zero-order chi connectivity index (χ0) is 12.0. The molecule has 5 heteroatoms. The number of aryl methyl sites for hydroxylation is 1. The van der Waals surface area contributed by atoms with Gasteiger partial charge in [0.1, 0.15) is 0 Å². The summed E-state index contributed by atoms with van der Waals surface area (Å²) in [5, 5.41) is 13.8. The van der Waals surface area contributed by atoms with E-state index >= 15 is 0 Å². The Kier molecular flexibility index (Phi) is 5.45. The molecule has 1 aromatic rings. The molecule has 0 saturated carbocycles. The van der Waals surface area contributed by atoms with Crippen molar-refractivity contribution in [2.75, 3.05) is 27.3 Å². The Hall–Kier alpha value is -0.910. The van der Waals surface area contributed by atoms with Crippen molar-refractivity contribution in [2.24, 2.45) is 0 Å². The molecule has 0 aliphatic carbocycles. The van der Waals surface area contributed by atoms with Crippen LogP contribution in [-0.4, -0.2) is 53.2 Å². The highest BCUT2D eigenvalue weighted by atomic mass is 16.5. The zero-order valence-corrected chi connectivity index (χ0v) is 10.3. The van der Waals surface area contributed by atoms with Gasteiger partial charge in [0.15, 0.2) is 0 Å². The number of rotatable bonds is 7. The van der Waals surface area contributed by atoms with E-state index in [1.807, 2.05) is 17.8 Å². The summed E-state index contributed by atoms with van der Waals surface area (Å²) in [6.45, 7) is 4.70. The normalized spacial score (nSPS) is 13.3. The third-order valence-corrected chi connectivity index (χ3v) is 2.42. The standard InChI is InChI=1S/C11H21N3O2/c1-4-14-10(5-6-12-14)7-13(2)8-11(15)9-16-3/h5-6,11,15H,4,7-9H2,1-3H3.